The van der Waals surface area contributed by atoms with Crippen LogP contribution in [-0.2, 0) is 45.4 Å². The van der Waals surface area contributed by atoms with Gasteiger partial charge in [-0.25, -0.2) is 0 Å². The van der Waals surface area contributed by atoms with Crippen molar-refractivity contribution in [1.29, 1.82) is 0 Å². The first kappa shape index (κ1) is 36.6. The van der Waals surface area contributed by atoms with Crippen LogP contribution >= 0.6 is 0 Å². The number of rotatable bonds is 3. The van der Waals surface area contributed by atoms with Crippen molar-refractivity contribution in [3.8, 4) is 0 Å². The van der Waals surface area contributed by atoms with E-state index in [2.05, 4.69) is 39.9 Å². The number of hydrogen-bond donors (Lipinski definition) is 0. The average molecular weight is 326 g/mol. The second kappa shape index (κ2) is 63.0. The van der Waals surface area contributed by atoms with Crippen molar-refractivity contribution in [3.05, 3.63) is 75.8 Å². The summed E-state index contributed by atoms with van der Waals surface area (Å²) < 4.78 is 42.5. The summed E-state index contributed by atoms with van der Waals surface area (Å²) in [4.78, 5) is 0. The van der Waals surface area contributed by atoms with Gasteiger partial charge < -0.3 is 4.74 Å². The van der Waals surface area contributed by atoms with Gasteiger partial charge in [-0.1, -0.05) is 30.3 Å². The predicted molar refractivity (Wildman–Crippen MR) is 60.1 cm³/mol. The molecule has 1 aromatic carbocycles. The standard InChI is InChI=1S/C9H10O.5CO.Cr/c1-2-10-8-9-6-4-3-5-7-9;5*1-2;/h3-7H,2H2,1H3;;;;;;. The SMILES string of the molecule is CCO[C]c1ccccc1.[C-]#[O+].[C-]#[O+].[C-]#[O+].[C-]#[O+].[C-]#[O+].[Cr]. The van der Waals surface area contributed by atoms with Crippen LogP contribution in [0.3, 0.4) is 0 Å². The molecule has 0 saturated heterocycles. The molecule has 0 aromatic heterocycles. The van der Waals surface area contributed by atoms with Crippen LogP contribution in [0.4, 0.5) is 0 Å². The molecular weight excluding hydrogens is 316 g/mol. The van der Waals surface area contributed by atoms with Crippen molar-refractivity contribution < 1.29 is 45.4 Å². The van der Waals surface area contributed by atoms with E-state index in [1.54, 1.807) is 0 Å². The molecule has 108 valence electrons. The van der Waals surface area contributed by atoms with Crippen LogP contribution in [-0.4, -0.2) is 6.61 Å². The van der Waals surface area contributed by atoms with Gasteiger partial charge >= 0.3 is 56.5 Å². The Hall–Kier alpha value is -1.59. The first-order valence-electron chi connectivity index (χ1n) is 4.38. The molecule has 0 aliphatic heterocycles. The summed E-state index contributed by atoms with van der Waals surface area (Å²) in [5, 5.41) is 0. The van der Waals surface area contributed by atoms with Crippen LogP contribution in [0.25, 0.3) is 0 Å². The van der Waals surface area contributed by atoms with Gasteiger partial charge in [-0.2, -0.15) is 0 Å². The molecule has 0 saturated carbocycles. The van der Waals surface area contributed by atoms with Gasteiger partial charge in [0.1, 0.15) is 0 Å². The summed E-state index contributed by atoms with van der Waals surface area (Å²) in [6.45, 7) is 27.9. The third-order valence-electron chi connectivity index (χ3n) is 1.11. The Kier molecular flexibility index (Phi) is 110. The molecular formula is C14H10CrO6. The minimum atomic E-state index is 0. The number of ether oxygens (including phenoxy) is 1. The van der Waals surface area contributed by atoms with Gasteiger partial charge in [0.15, 0.2) is 6.61 Å². The Morgan fingerprint density at radius 3 is 1.43 bits per heavy atom. The van der Waals surface area contributed by atoms with E-state index in [1.165, 1.54) is 0 Å². The molecule has 1 rings (SSSR count). The van der Waals surface area contributed by atoms with E-state index in [-0.39, 0.29) is 17.4 Å². The van der Waals surface area contributed by atoms with Crippen molar-refractivity contribution in [2.75, 3.05) is 6.61 Å². The zero-order chi connectivity index (χ0) is 17.2. The molecule has 0 aliphatic carbocycles. The van der Waals surface area contributed by atoms with Crippen LogP contribution in [0.5, 0.6) is 0 Å². The molecule has 0 unspecified atom stereocenters. The van der Waals surface area contributed by atoms with Crippen LogP contribution in [0.2, 0.25) is 0 Å². The smallest absolute Gasteiger partial charge is 0 e. The maximum Gasteiger partial charge on any atom is 0 e. The molecule has 0 fully saturated rings. The van der Waals surface area contributed by atoms with E-state index >= 15 is 0 Å². The number of benzene rings is 1. The fraction of sp³-hybridized carbons (Fsp3) is 0.143. The predicted octanol–water partition coefficient (Wildman–Crippen LogP) is 1.92. The quantitative estimate of drug-likeness (QED) is 0.614. The average Bonchev–Trinajstić information content (AvgIpc) is 2.63. The van der Waals surface area contributed by atoms with Gasteiger partial charge in [-0.05, 0) is 12.5 Å². The third-order valence-corrected chi connectivity index (χ3v) is 1.11. The molecule has 0 atom stereocenters. The molecule has 1 aromatic rings. The van der Waals surface area contributed by atoms with Crippen molar-refractivity contribution in [2.45, 2.75) is 6.92 Å². The normalized spacial score (nSPS) is 5.10. The molecule has 0 N–H and O–H groups in total. The van der Waals surface area contributed by atoms with Crippen LogP contribution in [0.1, 0.15) is 12.5 Å². The van der Waals surface area contributed by atoms with Gasteiger partial charge in [0.25, 0.3) is 0 Å². The monoisotopic (exact) mass is 326 g/mol. The molecule has 0 spiro atoms. The van der Waals surface area contributed by atoms with E-state index in [9.17, 15) is 0 Å². The Labute approximate surface area is 135 Å². The first-order valence-corrected chi connectivity index (χ1v) is 4.38. The topological polar surface area (TPSA) is 109 Å². The van der Waals surface area contributed by atoms with Crippen molar-refractivity contribution >= 4 is 0 Å². The molecule has 0 aliphatic rings. The second-order valence-corrected chi connectivity index (χ2v) is 1.90. The molecule has 0 amide bonds. The molecule has 2 radical (unpaired) electrons. The fourth-order valence-corrected chi connectivity index (χ4v) is 0.662. The molecule has 7 heteroatoms. The fourth-order valence-electron chi connectivity index (χ4n) is 0.662. The Morgan fingerprint density at radius 1 is 0.810 bits per heavy atom. The molecule has 6 nitrogen and oxygen atoms in total. The maximum absolute atomic E-state index is 7.50. The van der Waals surface area contributed by atoms with E-state index < -0.39 is 0 Å². The van der Waals surface area contributed by atoms with Gasteiger partial charge in [-0.15, -0.1) is 0 Å². The van der Waals surface area contributed by atoms with Gasteiger partial charge in [0, 0.05) is 24.0 Å². The molecule has 0 bridgehead atoms. The van der Waals surface area contributed by atoms with Crippen molar-refractivity contribution in [3.63, 3.8) is 0 Å². The minimum absolute atomic E-state index is 0. The Bertz CT molecular complexity index is 318. The van der Waals surface area contributed by atoms with Crippen LogP contribution < -0.4 is 0 Å². The largest absolute Gasteiger partial charge is 0 e. The van der Waals surface area contributed by atoms with Gasteiger partial charge in [0.05, 0.1) is 0 Å². The van der Waals surface area contributed by atoms with Crippen molar-refractivity contribution in [2.24, 2.45) is 0 Å². The first-order chi connectivity index (χ1) is 9.93. The number of hydrogen-bond acceptors (Lipinski definition) is 1. The maximum atomic E-state index is 7.50. The van der Waals surface area contributed by atoms with E-state index in [1.807, 2.05) is 37.3 Å². The minimum Gasteiger partial charge on any atom is 0 e. The third kappa shape index (κ3) is 45.7. The van der Waals surface area contributed by atoms with Gasteiger partial charge in [-0.3, -0.25) is 0 Å². The Morgan fingerprint density at radius 2 is 1.14 bits per heavy atom. The summed E-state index contributed by atoms with van der Waals surface area (Å²) in [6.07, 6.45) is 0. The molecule has 0 heterocycles. The summed E-state index contributed by atoms with van der Waals surface area (Å²) in [7, 11) is 0. The van der Waals surface area contributed by atoms with E-state index in [4.69, 9.17) is 28.0 Å². The zero-order valence-corrected chi connectivity index (χ0v) is 12.2. The zero-order valence-electron chi connectivity index (χ0n) is 11.0. The molecule has 21 heavy (non-hydrogen) atoms. The summed E-state index contributed by atoms with van der Waals surface area (Å²) >= 11 is 0. The van der Waals surface area contributed by atoms with Crippen molar-refractivity contribution in [1.82, 2.24) is 0 Å². The van der Waals surface area contributed by atoms with E-state index in [0.717, 1.165) is 5.56 Å². The van der Waals surface area contributed by atoms with Crippen LogP contribution in [0.15, 0.2) is 30.3 Å². The Balaban J connectivity index is -0.0000000440. The second-order valence-electron chi connectivity index (χ2n) is 1.90. The summed E-state index contributed by atoms with van der Waals surface area (Å²) in [5.41, 5.74) is 0.990. The summed E-state index contributed by atoms with van der Waals surface area (Å²) in [5.74, 6) is 0. The summed E-state index contributed by atoms with van der Waals surface area (Å²) in [6, 6.07) is 9.80. The van der Waals surface area contributed by atoms with Gasteiger partial charge in [0.2, 0.25) is 0 Å². The van der Waals surface area contributed by atoms with Crippen LogP contribution in [0, 0.1) is 39.9 Å². The van der Waals surface area contributed by atoms with E-state index in [0.29, 0.717) is 6.61 Å².